The van der Waals surface area contributed by atoms with Gasteiger partial charge in [0.2, 0.25) is 0 Å². The third-order valence-corrected chi connectivity index (χ3v) is 3.66. The highest BCUT2D eigenvalue weighted by atomic mass is 16.5. The van der Waals surface area contributed by atoms with E-state index in [0.29, 0.717) is 0 Å². The second-order valence-corrected chi connectivity index (χ2v) is 4.77. The van der Waals surface area contributed by atoms with Gasteiger partial charge in [0.15, 0.2) is 0 Å². The molecule has 0 aromatic rings. The van der Waals surface area contributed by atoms with Gasteiger partial charge in [-0.1, -0.05) is 12.1 Å². The Labute approximate surface area is 90.9 Å². The zero-order chi connectivity index (χ0) is 10.9. The molecule has 1 atom stereocenters. The molecule has 2 saturated heterocycles. The molecule has 0 saturated carbocycles. The largest absolute Gasteiger partial charge is 0.411 e. The molecular formula is C11H20N2O2. The Morgan fingerprint density at radius 3 is 2.67 bits per heavy atom. The van der Waals surface area contributed by atoms with Crippen LogP contribution in [0.4, 0.5) is 0 Å². The molecule has 1 unspecified atom stereocenters. The van der Waals surface area contributed by atoms with Crippen LogP contribution in [0.2, 0.25) is 0 Å². The van der Waals surface area contributed by atoms with E-state index in [2.05, 4.69) is 24.0 Å². The Hall–Kier alpha value is -0.610. The molecule has 2 rings (SSSR count). The van der Waals surface area contributed by atoms with Crippen molar-refractivity contribution in [1.82, 2.24) is 4.90 Å². The van der Waals surface area contributed by atoms with Crippen molar-refractivity contribution in [2.24, 2.45) is 5.16 Å². The highest BCUT2D eigenvalue weighted by Crippen LogP contribution is 2.38. The van der Waals surface area contributed by atoms with Crippen molar-refractivity contribution in [2.75, 3.05) is 20.1 Å². The third-order valence-electron chi connectivity index (χ3n) is 3.66. The monoisotopic (exact) mass is 212 g/mol. The highest BCUT2D eigenvalue weighted by Gasteiger charge is 2.45. The van der Waals surface area contributed by atoms with Crippen LogP contribution >= 0.6 is 0 Å². The Bertz CT molecular complexity index is 257. The number of likely N-dealkylation sites (tertiary alicyclic amines) is 1. The molecule has 1 N–H and O–H groups in total. The van der Waals surface area contributed by atoms with Gasteiger partial charge < -0.3 is 14.8 Å². The summed E-state index contributed by atoms with van der Waals surface area (Å²) in [6, 6.07) is 0. The number of oxime groups is 1. The maximum Gasteiger partial charge on any atom is 0.0995 e. The first-order valence-corrected chi connectivity index (χ1v) is 5.76. The van der Waals surface area contributed by atoms with Crippen LogP contribution in [0.5, 0.6) is 0 Å². The van der Waals surface area contributed by atoms with Crippen LogP contribution in [0, 0.1) is 0 Å². The normalized spacial score (nSPS) is 34.0. The lowest BCUT2D eigenvalue weighted by atomic mass is 9.88. The maximum atomic E-state index is 8.93. The molecular weight excluding hydrogens is 192 g/mol. The molecule has 2 fully saturated rings. The number of rotatable bonds is 1. The predicted octanol–water partition coefficient (Wildman–Crippen LogP) is 1.48. The average Bonchev–Trinajstić information content (AvgIpc) is 2.62. The molecule has 2 heterocycles. The van der Waals surface area contributed by atoms with Crippen LogP contribution in [0.1, 0.15) is 32.6 Å². The lowest BCUT2D eigenvalue weighted by molar-refractivity contribution is -0.0714. The van der Waals surface area contributed by atoms with Gasteiger partial charge in [0.1, 0.15) is 0 Å². The van der Waals surface area contributed by atoms with Gasteiger partial charge in [0.05, 0.1) is 17.4 Å². The summed E-state index contributed by atoms with van der Waals surface area (Å²) in [6.45, 7) is 4.23. The molecule has 0 aromatic heterocycles. The molecule has 86 valence electrons. The van der Waals surface area contributed by atoms with E-state index in [-0.39, 0.29) is 11.7 Å². The van der Waals surface area contributed by atoms with Crippen molar-refractivity contribution in [2.45, 2.75) is 44.3 Å². The van der Waals surface area contributed by atoms with Crippen molar-refractivity contribution in [1.29, 1.82) is 0 Å². The van der Waals surface area contributed by atoms with E-state index in [4.69, 9.17) is 9.94 Å². The van der Waals surface area contributed by atoms with E-state index in [9.17, 15) is 0 Å². The maximum absolute atomic E-state index is 8.93. The first-order valence-electron chi connectivity index (χ1n) is 5.76. The molecule has 4 heteroatoms. The molecule has 2 aliphatic heterocycles. The van der Waals surface area contributed by atoms with E-state index in [1.807, 2.05) is 0 Å². The molecule has 0 bridgehead atoms. The number of piperidine rings is 1. The standard InChI is InChI=1S/C11H20N2O2/c1-3-10-9(12-14)8-11(15-10)4-6-13(2)7-5-11/h10,14H,3-8H2,1-2H3/b12-9-. The Morgan fingerprint density at radius 1 is 1.53 bits per heavy atom. The fraction of sp³-hybridized carbons (Fsp3) is 0.909. The van der Waals surface area contributed by atoms with Gasteiger partial charge in [-0.15, -0.1) is 0 Å². The summed E-state index contributed by atoms with van der Waals surface area (Å²) in [6.07, 6.45) is 3.86. The van der Waals surface area contributed by atoms with Gasteiger partial charge in [-0.2, -0.15) is 0 Å². The van der Waals surface area contributed by atoms with Crippen LogP contribution in [0.3, 0.4) is 0 Å². The van der Waals surface area contributed by atoms with E-state index in [1.54, 1.807) is 0 Å². The molecule has 0 radical (unpaired) electrons. The fourth-order valence-electron chi connectivity index (χ4n) is 2.59. The van der Waals surface area contributed by atoms with Crippen LogP contribution in [-0.4, -0.2) is 47.7 Å². The Morgan fingerprint density at radius 2 is 2.20 bits per heavy atom. The van der Waals surface area contributed by atoms with Gasteiger partial charge in [-0.3, -0.25) is 0 Å². The summed E-state index contributed by atoms with van der Waals surface area (Å²) in [5.41, 5.74) is 0.802. The highest BCUT2D eigenvalue weighted by molar-refractivity contribution is 5.90. The Kier molecular flexibility index (Phi) is 2.98. The molecule has 0 aliphatic carbocycles. The number of hydrogen-bond acceptors (Lipinski definition) is 4. The van der Waals surface area contributed by atoms with Gasteiger partial charge >= 0.3 is 0 Å². The molecule has 0 amide bonds. The van der Waals surface area contributed by atoms with E-state index >= 15 is 0 Å². The first kappa shape index (κ1) is 10.9. The number of hydrogen-bond donors (Lipinski definition) is 1. The van der Waals surface area contributed by atoms with Crippen molar-refractivity contribution in [3.05, 3.63) is 0 Å². The summed E-state index contributed by atoms with van der Waals surface area (Å²) < 4.78 is 6.07. The minimum absolute atomic E-state index is 0.0330. The van der Waals surface area contributed by atoms with Gasteiger partial charge in [-0.25, -0.2) is 0 Å². The quantitative estimate of drug-likeness (QED) is 0.529. The summed E-state index contributed by atoms with van der Waals surface area (Å²) in [5, 5.41) is 12.3. The van der Waals surface area contributed by atoms with Crippen LogP contribution < -0.4 is 0 Å². The van der Waals surface area contributed by atoms with Gasteiger partial charge in [0.25, 0.3) is 0 Å². The summed E-state index contributed by atoms with van der Waals surface area (Å²) in [7, 11) is 2.14. The van der Waals surface area contributed by atoms with Crippen molar-refractivity contribution in [3.8, 4) is 0 Å². The minimum Gasteiger partial charge on any atom is -0.411 e. The zero-order valence-corrected chi connectivity index (χ0v) is 9.57. The minimum atomic E-state index is -0.0330. The smallest absolute Gasteiger partial charge is 0.0995 e. The Balaban J connectivity index is 2.06. The zero-order valence-electron chi connectivity index (χ0n) is 9.57. The van der Waals surface area contributed by atoms with E-state index in [1.165, 1.54) is 0 Å². The van der Waals surface area contributed by atoms with E-state index < -0.39 is 0 Å². The molecule has 4 nitrogen and oxygen atoms in total. The van der Waals surface area contributed by atoms with Gasteiger partial charge in [-0.05, 0) is 26.3 Å². The SMILES string of the molecule is CCC1OC2(CCN(C)CC2)C/C1=N/O. The molecule has 2 aliphatic rings. The summed E-state index contributed by atoms with van der Waals surface area (Å²) in [5.74, 6) is 0. The van der Waals surface area contributed by atoms with Gasteiger partial charge in [0, 0.05) is 19.5 Å². The van der Waals surface area contributed by atoms with Crippen molar-refractivity contribution < 1.29 is 9.94 Å². The molecule has 15 heavy (non-hydrogen) atoms. The second-order valence-electron chi connectivity index (χ2n) is 4.77. The lowest BCUT2D eigenvalue weighted by Gasteiger charge is -2.37. The lowest BCUT2D eigenvalue weighted by Crippen LogP contribution is -2.42. The van der Waals surface area contributed by atoms with Crippen molar-refractivity contribution in [3.63, 3.8) is 0 Å². The van der Waals surface area contributed by atoms with Crippen LogP contribution in [-0.2, 0) is 4.74 Å². The van der Waals surface area contributed by atoms with Crippen LogP contribution in [0.15, 0.2) is 5.16 Å². The molecule has 0 aromatic carbocycles. The fourth-order valence-corrected chi connectivity index (χ4v) is 2.59. The predicted molar refractivity (Wildman–Crippen MR) is 58.5 cm³/mol. The summed E-state index contributed by atoms with van der Waals surface area (Å²) >= 11 is 0. The molecule has 1 spiro atoms. The van der Waals surface area contributed by atoms with E-state index in [0.717, 1.165) is 44.5 Å². The number of nitrogens with zero attached hydrogens (tertiary/aromatic N) is 2. The first-order chi connectivity index (χ1) is 7.19. The van der Waals surface area contributed by atoms with Crippen molar-refractivity contribution >= 4 is 5.71 Å². The summed E-state index contributed by atoms with van der Waals surface area (Å²) in [4.78, 5) is 2.32. The number of ether oxygens (including phenoxy) is 1. The topological polar surface area (TPSA) is 45.1 Å². The second kappa shape index (κ2) is 4.10. The average molecular weight is 212 g/mol. The third kappa shape index (κ3) is 2.01. The van der Waals surface area contributed by atoms with Crippen LogP contribution in [0.25, 0.3) is 0 Å².